The van der Waals surface area contributed by atoms with Gasteiger partial charge in [0.2, 0.25) is 0 Å². The number of aromatic amines is 1. The third-order valence-corrected chi connectivity index (χ3v) is 3.78. The molecule has 3 N–H and O–H groups in total. The van der Waals surface area contributed by atoms with E-state index in [0.717, 1.165) is 0 Å². The van der Waals surface area contributed by atoms with Crippen LogP contribution in [0.4, 0.5) is 0 Å². The Morgan fingerprint density at radius 3 is 2.67 bits per heavy atom. The third kappa shape index (κ3) is 3.36. The predicted molar refractivity (Wildman–Crippen MR) is 87.8 cm³/mol. The molecule has 3 aromatic rings. The number of hydrogen-bond donors (Lipinski definition) is 3. The third-order valence-electron chi connectivity index (χ3n) is 3.53. The monoisotopic (exact) mass is 344 g/mol. The van der Waals surface area contributed by atoms with Gasteiger partial charge in [-0.25, -0.2) is 9.97 Å². The molecule has 1 amide bonds. The first kappa shape index (κ1) is 15.9. The standard InChI is InChI=1S/C16H13ClN4O3/c17-10-3-1-9(2-4-10)12(7-13(22)23)21-16(24)14-11-5-6-18-15(11)20-8-19-14/h1-6,8,12H,7H2,(H,21,24)(H,22,23)(H,18,19,20)/t12-/m0/s1. The minimum Gasteiger partial charge on any atom is -0.481 e. The molecule has 0 fully saturated rings. The maximum atomic E-state index is 12.6. The Balaban J connectivity index is 1.89. The van der Waals surface area contributed by atoms with Crippen molar-refractivity contribution in [1.82, 2.24) is 20.3 Å². The highest BCUT2D eigenvalue weighted by atomic mass is 35.5. The summed E-state index contributed by atoms with van der Waals surface area (Å²) < 4.78 is 0. The maximum Gasteiger partial charge on any atom is 0.305 e. The molecule has 0 spiro atoms. The number of nitrogens with zero attached hydrogens (tertiary/aromatic N) is 2. The van der Waals surface area contributed by atoms with Crippen LogP contribution in [0, 0.1) is 0 Å². The maximum absolute atomic E-state index is 12.6. The summed E-state index contributed by atoms with van der Waals surface area (Å²) >= 11 is 5.85. The van der Waals surface area contributed by atoms with Crippen LogP contribution >= 0.6 is 11.6 Å². The Morgan fingerprint density at radius 2 is 1.96 bits per heavy atom. The first-order valence-electron chi connectivity index (χ1n) is 7.11. The number of hydrogen-bond acceptors (Lipinski definition) is 4. The van der Waals surface area contributed by atoms with Crippen LogP contribution in [0.25, 0.3) is 11.0 Å². The lowest BCUT2D eigenvalue weighted by atomic mass is 10.0. The number of fused-ring (bicyclic) bond motifs is 1. The Kier molecular flexibility index (Phi) is 4.43. The minimum atomic E-state index is -1.02. The number of rotatable bonds is 5. The number of aliphatic carboxylic acids is 1. The number of benzene rings is 1. The molecule has 0 aliphatic carbocycles. The Labute approximate surface area is 141 Å². The largest absolute Gasteiger partial charge is 0.481 e. The fourth-order valence-corrected chi connectivity index (χ4v) is 2.53. The van der Waals surface area contributed by atoms with E-state index in [4.69, 9.17) is 16.7 Å². The van der Waals surface area contributed by atoms with Gasteiger partial charge in [0, 0.05) is 11.2 Å². The molecule has 8 heteroatoms. The molecule has 0 bridgehead atoms. The zero-order valence-corrected chi connectivity index (χ0v) is 13.1. The summed E-state index contributed by atoms with van der Waals surface area (Å²) in [6, 6.07) is 7.65. The summed E-state index contributed by atoms with van der Waals surface area (Å²) in [5, 5.41) is 12.9. The fraction of sp³-hybridized carbons (Fsp3) is 0.125. The summed E-state index contributed by atoms with van der Waals surface area (Å²) in [6.07, 6.45) is 2.68. The molecule has 1 aromatic carbocycles. The molecule has 2 aromatic heterocycles. The molecule has 3 rings (SSSR count). The summed E-state index contributed by atoms with van der Waals surface area (Å²) in [5.74, 6) is -1.49. The number of amides is 1. The van der Waals surface area contributed by atoms with Crippen LogP contribution in [0.3, 0.4) is 0 Å². The lowest BCUT2D eigenvalue weighted by molar-refractivity contribution is -0.137. The van der Waals surface area contributed by atoms with Gasteiger partial charge in [0.05, 0.1) is 17.8 Å². The quantitative estimate of drug-likeness (QED) is 0.659. The number of halogens is 1. The zero-order valence-electron chi connectivity index (χ0n) is 12.4. The number of carbonyl (C=O) groups is 2. The summed E-state index contributed by atoms with van der Waals surface area (Å²) in [4.78, 5) is 34.6. The van der Waals surface area contributed by atoms with Crippen molar-refractivity contribution >= 4 is 34.5 Å². The van der Waals surface area contributed by atoms with Gasteiger partial charge < -0.3 is 15.4 Å². The van der Waals surface area contributed by atoms with Gasteiger partial charge in [0.25, 0.3) is 5.91 Å². The average molecular weight is 345 g/mol. The normalized spacial score (nSPS) is 12.0. The van der Waals surface area contributed by atoms with Crippen molar-refractivity contribution < 1.29 is 14.7 Å². The Hall–Kier alpha value is -2.93. The molecule has 1 atom stereocenters. The SMILES string of the molecule is O=C(O)C[C@H](NC(=O)c1ncnc2[nH]ccc12)c1ccc(Cl)cc1. The molecule has 24 heavy (non-hydrogen) atoms. The van der Waals surface area contributed by atoms with Crippen LogP contribution < -0.4 is 5.32 Å². The lowest BCUT2D eigenvalue weighted by Gasteiger charge is -2.17. The van der Waals surface area contributed by atoms with E-state index >= 15 is 0 Å². The average Bonchev–Trinajstić information content (AvgIpc) is 3.03. The number of carboxylic acid groups (broad SMARTS) is 1. The fourth-order valence-electron chi connectivity index (χ4n) is 2.40. The number of carboxylic acids is 1. The molecule has 0 aliphatic rings. The number of carbonyl (C=O) groups excluding carboxylic acids is 1. The molecule has 0 saturated heterocycles. The zero-order chi connectivity index (χ0) is 17.1. The Bertz CT molecular complexity index is 892. The summed E-state index contributed by atoms with van der Waals surface area (Å²) in [6.45, 7) is 0. The van der Waals surface area contributed by atoms with Gasteiger partial charge in [0.15, 0.2) is 0 Å². The summed E-state index contributed by atoms with van der Waals surface area (Å²) in [7, 11) is 0. The second-order valence-electron chi connectivity index (χ2n) is 5.14. The highest BCUT2D eigenvalue weighted by Crippen LogP contribution is 2.21. The summed E-state index contributed by atoms with van der Waals surface area (Å²) in [5.41, 5.74) is 1.37. The van der Waals surface area contributed by atoms with Gasteiger partial charge in [-0.1, -0.05) is 23.7 Å². The highest BCUT2D eigenvalue weighted by Gasteiger charge is 2.21. The Morgan fingerprint density at radius 1 is 1.21 bits per heavy atom. The van der Waals surface area contributed by atoms with Crippen LogP contribution in [0.2, 0.25) is 5.02 Å². The number of nitrogens with one attached hydrogen (secondary N) is 2. The van der Waals surface area contributed by atoms with Gasteiger partial charge >= 0.3 is 5.97 Å². The first-order valence-corrected chi connectivity index (χ1v) is 7.48. The van der Waals surface area contributed by atoms with E-state index in [0.29, 0.717) is 21.6 Å². The molecule has 2 heterocycles. The van der Waals surface area contributed by atoms with Gasteiger partial charge in [-0.3, -0.25) is 9.59 Å². The van der Waals surface area contributed by atoms with Crippen LogP contribution in [-0.2, 0) is 4.79 Å². The van der Waals surface area contributed by atoms with E-state index in [1.54, 1.807) is 36.5 Å². The van der Waals surface area contributed by atoms with E-state index in [-0.39, 0.29) is 12.1 Å². The molecule has 0 unspecified atom stereocenters. The smallest absolute Gasteiger partial charge is 0.305 e. The van der Waals surface area contributed by atoms with Gasteiger partial charge in [0.1, 0.15) is 17.7 Å². The van der Waals surface area contributed by atoms with E-state index in [1.165, 1.54) is 6.33 Å². The van der Waals surface area contributed by atoms with Crippen molar-refractivity contribution in [2.75, 3.05) is 0 Å². The molecule has 0 radical (unpaired) electrons. The van der Waals surface area contributed by atoms with Crippen molar-refractivity contribution in [2.24, 2.45) is 0 Å². The number of aromatic nitrogens is 3. The van der Waals surface area contributed by atoms with Crippen LogP contribution in [-0.4, -0.2) is 31.9 Å². The lowest BCUT2D eigenvalue weighted by Crippen LogP contribution is -2.31. The second-order valence-corrected chi connectivity index (χ2v) is 5.57. The molecule has 122 valence electrons. The molecular formula is C16H13ClN4O3. The van der Waals surface area contributed by atoms with Gasteiger partial charge in [-0.05, 0) is 23.8 Å². The first-order chi connectivity index (χ1) is 11.5. The van der Waals surface area contributed by atoms with Gasteiger partial charge in [-0.2, -0.15) is 0 Å². The molecule has 0 saturated carbocycles. The minimum absolute atomic E-state index is 0.186. The van der Waals surface area contributed by atoms with Gasteiger partial charge in [-0.15, -0.1) is 0 Å². The predicted octanol–water partition coefficient (Wildman–Crippen LogP) is 2.56. The highest BCUT2D eigenvalue weighted by molar-refractivity contribution is 6.30. The van der Waals surface area contributed by atoms with Crippen molar-refractivity contribution in [1.29, 1.82) is 0 Å². The molecule has 0 aliphatic heterocycles. The topological polar surface area (TPSA) is 108 Å². The van der Waals surface area contributed by atoms with E-state index in [1.807, 2.05) is 0 Å². The van der Waals surface area contributed by atoms with E-state index in [2.05, 4.69) is 20.3 Å². The van der Waals surface area contributed by atoms with E-state index < -0.39 is 17.9 Å². The number of H-pyrrole nitrogens is 1. The van der Waals surface area contributed by atoms with Crippen molar-refractivity contribution in [3.05, 3.63) is 59.1 Å². The molecule has 7 nitrogen and oxygen atoms in total. The van der Waals surface area contributed by atoms with Crippen LogP contribution in [0.15, 0.2) is 42.9 Å². The van der Waals surface area contributed by atoms with Crippen LogP contribution in [0.5, 0.6) is 0 Å². The van der Waals surface area contributed by atoms with Crippen LogP contribution in [0.1, 0.15) is 28.5 Å². The van der Waals surface area contributed by atoms with E-state index in [9.17, 15) is 9.59 Å². The molecular weight excluding hydrogens is 332 g/mol. The van der Waals surface area contributed by atoms with Crippen molar-refractivity contribution in [3.63, 3.8) is 0 Å². The van der Waals surface area contributed by atoms with Crippen molar-refractivity contribution in [3.8, 4) is 0 Å². The van der Waals surface area contributed by atoms with Crippen molar-refractivity contribution in [2.45, 2.75) is 12.5 Å². The second kappa shape index (κ2) is 6.67.